The third kappa shape index (κ3) is 1.90. The highest BCUT2D eigenvalue weighted by molar-refractivity contribution is 6.23. The molecule has 0 aliphatic carbocycles. The van der Waals surface area contributed by atoms with E-state index in [1.165, 1.54) is 38.1 Å². The number of aryl methyl sites for hydroxylation is 1. The van der Waals surface area contributed by atoms with Crippen LogP contribution >= 0.6 is 0 Å². The average molecular weight is 347 g/mol. The topological polar surface area (TPSA) is 18.1 Å². The summed E-state index contributed by atoms with van der Waals surface area (Å²) in [6, 6.07) is 29.8. The molecule has 0 fully saturated rings. The minimum atomic E-state index is 0.935. The van der Waals surface area contributed by atoms with Gasteiger partial charge in [0.2, 0.25) is 0 Å². The molecule has 2 heterocycles. The lowest BCUT2D eigenvalue weighted by molar-refractivity contribution is 0.670. The van der Waals surface area contributed by atoms with Crippen molar-refractivity contribution in [2.75, 3.05) is 0 Å². The Hall–Kier alpha value is -3.52. The van der Waals surface area contributed by atoms with Gasteiger partial charge in [-0.3, -0.25) is 0 Å². The van der Waals surface area contributed by atoms with E-state index in [2.05, 4.69) is 84.4 Å². The molecule has 0 amide bonds. The first-order valence-corrected chi connectivity index (χ1v) is 9.20. The number of benzene rings is 4. The summed E-state index contributed by atoms with van der Waals surface area (Å²) in [5.41, 5.74) is 6.69. The SMILES string of the molecule is Cn1c2ccccc2c2cc3c(oc4ccccc43)c(-c3ccccc3)c21. The first-order chi connectivity index (χ1) is 13.3. The summed E-state index contributed by atoms with van der Waals surface area (Å²) < 4.78 is 8.68. The molecule has 0 aliphatic rings. The van der Waals surface area contributed by atoms with Crippen molar-refractivity contribution in [3.8, 4) is 11.1 Å². The Morgan fingerprint density at radius 2 is 1.37 bits per heavy atom. The van der Waals surface area contributed by atoms with E-state index >= 15 is 0 Å². The fourth-order valence-electron chi connectivity index (χ4n) is 4.39. The number of nitrogens with zero attached hydrogens (tertiary/aromatic N) is 1. The van der Waals surface area contributed by atoms with Gasteiger partial charge in [0.1, 0.15) is 11.2 Å². The molecule has 27 heavy (non-hydrogen) atoms. The van der Waals surface area contributed by atoms with Crippen molar-refractivity contribution in [3.05, 3.63) is 84.9 Å². The van der Waals surface area contributed by atoms with Gasteiger partial charge < -0.3 is 8.98 Å². The zero-order valence-corrected chi connectivity index (χ0v) is 14.9. The van der Waals surface area contributed by atoms with Crippen LogP contribution in [0.15, 0.2) is 89.3 Å². The predicted molar refractivity (Wildman–Crippen MR) is 113 cm³/mol. The van der Waals surface area contributed by atoms with Crippen LogP contribution in [0.4, 0.5) is 0 Å². The molecule has 0 radical (unpaired) electrons. The number of para-hydroxylation sites is 2. The first kappa shape index (κ1) is 14.6. The van der Waals surface area contributed by atoms with Crippen molar-refractivity contribution < 1.29 is 4.42 Å². The highest BCUT2D eigenvalue weighted by Gasteiger charge is 2.20. The number of rotatable bonds is 1. The second kappa shape index (κ2) is 5.24. The maximum absolute atomic E-state index is 6.38. The van der Waals surface area contributed by atoms with E-state index in [4.69, 9.17) is 4.42 Å². The summed E-state index contributed by atoms with van der Waals surface area (Å²) in [5.74, 6) is 0. The van der Waals surface area contributed by atoms with Crippen LogP contribution in [0.25, 0.3) is 54.9 Å². The lowest BCUT2D eigenvalue weighted by Gasteiger charge is -2.08. The van der Waals surface area contributed by atoms with E-state index in [0.717, 1.165) is 16.7 Å². The lowest BCUT2D eigenvalue weighted by atomic mass is 9.98. The molecular weight excluding hydrogens is 330 g/mol. The van der Waals surface area contributed by atoms with Crippen molar-refractivity contribution in [1.82, 2.24) is 4.57 Å². The number of aromatic nitrogens is 1. The van der Waals surface area contributed by atoms with Crippen molar-refractivity contribution >= 4 is 43.7 Å². The van der Waals surface area contributed by atoms with Gasteiger partial charge in [-0.15, -0.1) is 0 Å². The third-order valence-corrected chi connectivity index (χ3v) is 5.59. The highest BCUT2D eigenvalue weighted by atomic mass is 16.3. The maximum atomic E-state index is 6.38. The van der Waals surface area contributed by atoms with Gasteiger partial charge in [-0.2, -0.15) is 0 Å². The van der Waals surface area contributed by atoms with E-state index in [1.54, 1.807) is 0 Å². The van der Waals surface area contributed by atoms with Gasteiger partial charge in [-0.05, 0) is 23.8 Å². The quantitative estimate of drug-likeness (QED) is 0.316. The Bertz CT molecular complexity index is 1470. The summed E-state index contributed by atoms with van der Waals surface area (Å²) in [6.07, 6.45) is 0. The van der Waals surface area contributed by atoms with Gasteiger partial charge in [-0.1, -0.05) is 66.7 Å². The Labute approximate surface area is 156 Å². The van der Waals surface area contributed by atoms with Crippen molar-refractivity contribution in [1.29, 1.82) is 0 Å². The normalized spacial score (nSPS) is 11.9. The van der Waals surface area contributed by atoms with Crippen molar-refractivity contribution in [3.63, 3.8) is 0 Å². The van der Waals surface area contributed by atoms with E-state index in [-0.39, 0.29) is 0 Å². The molecule has 0 saturated carbocycles. The number of hydrogen-bond donors (Lipinski definition) is 0. The minimum Gasteiger partial charge on any atom is -0.455 e. The maximum Gasteiger partial charge on any atom is 0.145 e. The zero-order valence-electron chi connectivity index (χ0n) is 14.9. The molecule has 0 unspecified atom stereocenters. The molecule has 0 atom stereocenters. The van der Waals surface area contributed by atoms with Gasteiger partial charge in [0.25, 0.3) is 0 Å². The van der Waals surface area contributed by atoms with Crippen LogP contribution in [-0.4, -0.2) is 4.57 Å². The molecular formula is C25H17NO. The van der Waals surface area contributed by atoms with Crippen LogP contribution in [0, 0.1) is 0 Å². The Morgan fingerprint density at radius 1 is 0.667 bits per heavy atom. The molecule has 0 saturated heterocycles. The van der Waals surface area contributed by atoms with Gasteiger partial charge >= 0.3 is 0 Å². The molecule has 2 heteroatoms. The minimum absolute atomic E-state index is 0.935. The Kier molecular flexibility index (Phi) is 2.84. The molecule has 2 nitrogen and oxygen atoms in total. The second-order valence-corrected chi connectivity index (χ2v) is 7.06. The molecule has 0 spiro atoms. The molecule has 6 rings (SSSR count). The largest absolute Gasteiger partial charge is 0.455 e. The fraction of sp³-hybridized carbons (Fsp3) is 0.0400. The van der Waals surface area contributed by atoms with E-state index < -0.39 is 0 Å². The van der Waals surface area contributed by atoms with E-state index in [1.807, 2.05) is 12.1 Å². The summed E-state index contributed by atoms with van der Waals surface area (Å²) in [6.45, 7) is 0. The Morgan fingerprint density at radius 3 is 2.22 bits per heavy atom. The zero-order chi connectivity index (χ0) is 18.0. The van der Waals surface area contributed by atoms with Gasteiger partial charge in [0, 0.05) is 39.7 Å². The summed E-state index contributed by atoms with van der Waals surface area (Å²) in [5, 5.41) is 4.89. The summed E-state index contributed by atoms with van der Waals surface area (Å²) in [4.78, 5) is 0. The standard InChI is InChI=1S/C25H17NO/c1-26-21-13-7-5-11-17(21)19-15-20-18-12-6-8-14-22(18)27-25(20)23(24(19)26)16-9-3-2-4-10-16/h2-15H,1H3. The van der Waals surface area contributed by atoms with Crippen LogP contribution in [0.2, 0.25) is 0 Å². The molecule has 4 aromatic carbocycles. The first-order valence-electron chi connectivity index (χ1n) is 9.20. The van der Waals surface area contributed by atoms with Crippen LogP contribution in [0.1, 0.15) is 0 Å². The summed E-state index contributed by atoms with van der Waals surface area (Å²) >= 11 is 0. The number of furan rings is 1. The van der Waals surface area contributed by atoms with Crippen molar-refractivity contribution in [2.45, 2.75) is 0 Å². The van der Waals surface area contributed by atoms with Crippen LogP contribution < -0.4 is 0 Å². The molecule has 0 N–H and O–H groups in total. The van der Waals surface area contributed by atoms with Gasteiger partial charge in [0.05, 0.1) is 5.52 Å². The molecule has 0 aliphatic heterocycles. The number of fused-ring (bicyclic) bond motifs is 6. The highest BCUT2D eigenvalue weighted by Crippen LogP contribution is 2.43. The van der Waals surface area contributed by atoms with Gasteiger partial charge in [-0.25, -0.2) is 0 Å². The van der Waals surface area contributed by atoms with E-state index in [9.17, 15) is 0 Å². The fourth-order valence-corrected chi connectivity index (χ4v) is 4.39. The number of hydrogen-bond acceptors (Lipinski definition) is 1. The molecule has 128 valence electrons. The monoisotopic (exact) mass is 347 g/mol. The molecule has 0 bridgehead atoms. The predicted octanol–water partition coefficient (Wildman–Crippen LogP) is 6.90. The van der Waals surface area contributed by atoms with Crippen LogP contribution in [-0.2, 0) is 7.05 Å². The lowest BCUT2D eigenvalue weighted by Crippen LogP contribution is -1.90. The molecule has 2 aromatic heterocycles. The Balaban J connectivity index is 1.95. The van der Waals surface area contributed by atoms with Crippen LogP contribution in [0.3, 0.4) is 0 Å². The van der Waals surface area contributed by atoms with E-state index in [0.29, 0.717) is 0 Å². The smallest absolute Gasteiger partial charge is 0.145 e. The summed E-state index contributed by atoms with van der Waals surface area (Å²) in [7, 11) is 2.14. The molecule has 6 aromatic rings. The van der Waals surface area contributed by atoms with Crippen molar-refractivity contribution in [2.24, 2.45) is 7.05 Å². The second-order valence-electron chi connectivity index (χ2n) is 7.06. The van der Waals surface area contributed by atoms with Gasteiger partial charge in [0.15, 0.2) is 0 Å². The van der Waals surface area contributed by atoms with Crippen LogP contribution in [0.5, 0.6) is 0 Å². The average Bonchev–Trinajstić information content (AvgIpc) is 3.23. The third-order valence-electron chi connectivity index (χ3n) is 5.59.